The molecule has 0 atom stereocenters. The summed E-state index contributed by atoms with van der Waals surface area (Å²) in [6.07, 6.45) is 2.64. The fourth-order valence-corrected chi connectivity index (χ4v) is 7.10. The van der Waals surface area contributed by atoms with Crippen molar-refractivity contribution in [3.8, 4) is 0 Å². The Labute approximate surface area is 260 Å². The maximum atomic E-state index is 14.0. The van der Waals surface area contributed by atoms with Crippen LogP contribution in [0.1, 0.15) is 75.2 Å². The number of para-hydroxylation sites is 1. The predicted octanol–water partition coefficient (Wildman–Crippen LogP) is 6.02. The minimum Gasteiger partial charge on any atom is -0.375 e. The zero-order chi connectivity index (χ0) is 31.1. The number of carbonyl (C=O) groups is 1. The molecule has 0 aliphatic carbocycles. The summed E-state index contributed by atoms with van der Waals surface area (Å²) in [5.41, 5.74) is 2.91. The second-order valence-corrected chi connectivity index (χ2v) is 14.6. The number of piperazine rings is 1. The molecular weight excluding hydrogens is 558 g/mol. The number of thiazole rings is 1. The molecule has 2 aromatic heterocycles. The highest BCUT2D eigenvalue weighted by Crippen LogP contribution is 2.43. The van der Waals surface area contributed by atoms with Gasteiger partial charge in [-0.3, -0.25) is 14.6 Å². The predicted molar refractivity (Wildman–Crippen MR) is 176 cm³/mol. The van der Waals surface area contributed by atoms with Crippen LogP contribution in [0.25, 0.3) is 0 Å². The Morgan fingerprint density at radius 2 is 1.84 bits per heavy atom. The molecule has 4 heterocycles. The third-order valence-corrected chi connectivity index (χ3v) is 9.09. The van der Waals surface area contributed by atoms with Gasteiger partial charge in [-0.05, 0) is 79.9 Å². The quantitative estimate of drug-likeness (QED) is 0.309. The molecule has 0 unspecified atom stereocenters. The molecule has 5 rings (SSSR count). The number of rotatable bonds is 8. The number of ether oxygens (including phenoxy) is 1. The van der Waals surface area contributed by atoms with E-state index in [-0.39, 0.29) is 23.1 Å². The Morgan fingerprint density at radius 3 is 2.51 bits per heavy atom. The van der Waals surface area contributed by atoms with Crippen molar-refractivity contribution >= 4 is 39.6 Å². The number of anilines is 4. The minimum atomic E-state index is -0.322. The van der Waals surface area contributed by atoms with E-state index in [0.29, 0.717) is 5.01 Å². The molecule has 2 aliphatic heterocycles. The summed E-state index contributed by atoms with van der Waals surface area (Å²) in [4.78, 5) is 37.2. The highest BCUT2D eigenvalue weighted by Gasteiger charge is 2.42. The van der Waals surface area contributed by atoms with E-state index in [4.69, 9.17) is 14.7 Å². The molecule has 1 saturated heterocycles. The zero-order valence-corrected chi connectivity index (χ0v) is 28.1. The molecule has 1 fully saturated rings. The number of aryl methyl sites for hydroxylation is 2. The highest BCUT2D eigenvalue weighted by atomic mass is 32.1. The molecule has 1 aromatic carbocycles. The van der Waals surface area contributed by atoms with Crippen molar-refractivity contribution in [3.63, 3.8) is 0 Å². The number of amides is 1. The van der Waals surface area contributed by atoms with Crippen molar-refractivity contribution in [3.05, 3.63) is 52.4 Å². The second-order valence-electron chi connectivity index (χ2n) is 13.6. The van der Waals surface area contributed by atoms with Crippen LogP contribution in [0.15, 0.2) is 30.5 Å². The number of hydrogen-bond donors (Lipinski definition) is 0. The SMILES string of the molecule is Cc1nc(N2CCN(CCOC(C)(C)C)CC2)cc(N(c2cnc(C(=O)N3c4c(C)cccc4CC3(C)C)s2)C(C)C)n1. The van der Waals surface area contributed by atoms with Crippen molar-refractivity contribution in [2.24, 2.45) is 0 Å². The summed E-state index contributed by atoms with van der Waals surface area (Å²) in [6, 6.07) is 8.46. The summed E-state index contributed by atoms with van der Waals surface area (Å²) in [5, 5.41) is 1.38. The van der Waals surface area contributed by atoms with E-state index in [2.05, 4.69) is 99.3 Å². The van der Waals surface area contributed by atoms with Crippen molar-refractivity contribution < 1.29 is 9.53 Å². The first-order valence-corrected chi connectivity index (χ1v) is 16.2. The Morgan fingerprint density at radius 1 is 1.12 bits per heavy atom. The largest absolute Gasteiger partial charge is 0.375 e. The van der Waals surface area contributed by atoms with Crippen LogP contribution in [0.2, 0.25) is 0 Å². The first kappa shape index (κ1) is 31.3. The molecule has 9 nitrogen and oxygen atoms in total. The van der Waals surface area contributed by atoms with Gasteiger partial charge in [0, 0.05) is 50.4 Å². The number of carbonyl (C=O) groups excluding carboxylic acids is 1. The fourth-order valence-electron chi connectivity index (χ4n) is 6.11. The first-order valence-electron chi connectivity index (χ1n) is 15.4. The smallest absolute Gasteiger partial charge is 0.287 e. The van der Waals surface area contributed by atoms with Gasteiger partial charge in [0.2, 0.25) is 0 Å². The lowest BCUT2D eigenvalue weighted by Crippen LogP contribution is -2.48. The standard InChI is InChI=1S/C33H47N7O2S/c1-22(2)39(27-19-26(35-24(4)36-27)38-15-13-37(14-16-38)17-18-42-32(5,6)7)28-21-34-30(43-28)31(41)40-29-23(3)11-10-12-25(29)20-33(40,8)9/h10-12,19,21-22H,13-18,20H2,1-9H3. The number of hydrogen-bond acceptors (Lipinski definition) is 9. The van der Waals surface area contributed by atoms with Gasteiger partial charge in [0.15, 0.2) is 5.01 Å². The van der Waals surface area contributed by atoms with Crippen LogP contribution in [0.4, 0.5) is 22.3 Å². The minimum absolute atomic E-state index is 0.0525. The van der Waals surface area contributed by atoms with Crippen LogP contribution in [0.3, 0.4) is 0 Å². The van der Waals surface area contributed by atoms with Crippen molar-refractivity contribution in [2.45, 2.75) is 85.9 Å². The van der Waals surface area contributed by atoms with E-state index >= 15 is 0 Å². The second kappa shape index (κ2) is 12.1. The lowest BCUT2D eigenvalue weighted by Gasteiger charge is -2.36. The van der Waals surface area contributed by atoms with Crippen LogP contribution < -0.4 is 14.7 Å². The van der Waals surface area contributed by atoms with Crippen LogP contribution in [-0.2, 0) is 11.2 Å². The summed E-state index contributed by atoms with van der Waals surface area (Å²) in [6.45, 7) is 24.3. The van der Waals surface area contributed by atoms with Gasteiger partial charge in [0.25, 0.3) is 5.91 Å². The molecule has 10 heteroatoms. The van der Waals surface area contributed by atoms with E-state index in [1.54, 1.807) is 0 Å². The van der Waals surface area contributed by atoms with E-state index in [1.807, 2.05) is 18.0 Å². The molecule has 0 N–H and O–H groups in total. The van der Waals surface area contributed by atoms with E-state index in [9.17, 15) is 4.79 Å². The lowest BCUT2D eigenvalue weighted by molar-refractivity contribution is -0.0135. The summed E-state index contributed by atoms with van der Waals surface area (Å²) < 4.78 is 5.93. The average molecular weight is 606 g/mol. The first-order chi connectivity index (χ1) is 20.2. The molecule has 2 aliphatic rings. The molecule has 3 aromatic rings. The van der Waals surface area contributed by atoms with Gasteiger partial charge in [-0.2, -0.15) is 0 Å². The van der Waals surface area contributed by atoms with Crippen molar-refractivity contribution in [2.75, 3.05) is 54.0 Å². The van der Waals surface area contributed by atoms with Crippen LogP contribution >= 0.6 is 11.3 Å². The Bertz CT molecular complexity index is 1450. The van der Waals surface area contributed by atoms with E-state index in [1.165, 1.54) is 16.9 Å². The molecule has 0 bridgehead atoms. The number of benzene rings is 1. The van der Waals surface area contributed by atoms with Gasteiger partial charge in [0.1, 0.15) is 22.5 Å². The number of fused-ring (bicyclic) bond motifs is 1. The Kier molecular flexibility index (Phi) is 8.84. The van der Waals surface area contributed by atoms with Crippen molar-refractivity contribution in [1.82, 2.24) is 19.9 Å². The summed E-state index contributed by atoms with van der Waals surface area (Å²) in [7, 11) is 0. The number of nitrogens with zero attached hydrogens (tertiary/aromatic N) is 7. The van der Waals surface area contributed by atoms with Gasteiger partial charge in [-0.1, -0.05) is 29.5 Å². The van der Waals surface area contributed by atoms with E-state index < -0.39 is 0 Å². The van der Waals surface area contributed by atoms with Gasteiger partial charge in [-0.25, -0.2) is 15.0 Å². The van der Waals surface area contributed by atoms with Crippen LogP contribution in [0, 0.1) is 13.8 Å². The average Bonchev–Trinajstić information content (AvgIpc) is 3.50. The fraction of sp³-hybridized carbons (Fsp3) is 0.576. The molecule has 232 valence electrons. The topological polar surface area (TPSA) is 77.9 Å². The maximum Gasteiger partial charge on any atom is 0.287 e. The van der Waals surface area contributed by atoms with Crippen molar-refractivity contribution in [1.29, 1.82) is 0 Å². The highest BCUT2D eigenvalue weighted by molar-refractivity contribution is 7.17. The Balaban J connectivity index is 1.34. The molecule has 0 saturated carbocycles. The van der Waals surface area contributed by atoms with Gasteiger partial charge < -0.3 is 14.5 Å². The maximum absolute atomic E-state index is 14.0. The third-order valence-electron chi connectivity index (χ3n) is 8.10. The van der Waals surface area contributed by atoms with Gasteiger partial charge in [0.05, 0.1) is 24.1 Å². The monoisotopic (exact) mass is 605 g/mol. The molecule has 43 heavy (non-hydrogen) atoms. The zero-order valence-electron chi connectivity index (χ0n) is 27.3. The van der Waals surface area contributed by atoms with E-state index in [0.717, 1.165) is 79.5 Å². The Hall–Kier alpha value is -3.08. The molecular formula is C33H47N7O2S. The molecule has 0 radical (unpaired) electrons. The molecule has 0 spiro atoms. The normalized spacial score (nSPS) is 17.1. The van der Waals surface area contributed by atoms with Gasteiger partial charge >= 0.3 is 0 Å². The van der Waals surface area contributed by atoms with Gasteiger partial charge in [-0.15, -0.1) is 0 Å². The third kappa shape index (κ3) is 6.86. The summed E-state index contributed by atoms with van der Waals surface area (Å²) >= 11 is 1.43. The van der Waals surface area contributed by atoms with Crippen LogP contribution in [-0.4, -0.2) is 82.3 Å². The number of aromatic nitrogens is 3. The summed E-state index contributed by atoms with van der Waals surface area (Å²) in [5.74, 6) is 2.43. The van der Waals surface area contributed by atoms with Crippen LogP contribution in [0.5, 0.6) is 0 Å². The lowest BCUT2D eigenvalue weighted by atomic mass is 9.99. The molecule has 1 amide bonds.